The lowest BCUT2D eigenvalue weighted by molar-refractivity contribution is 0.186. The lowest BCUT2D eigenvalue weighted by Gasteiger charge is -2.01. The molecule has 0 heterocycles. The van der Waals surface area contributed by atoms with Crippen LogP contribution in [0, 0.1) is 7.11 Å². The molecule has 0 aliphatic carbocycles. The van der Waals surface area contributed by atoms with Gasteiger partial charge in [0.2, 0.25) is 0 Å². The topological polar surface area (TPSA) is 29.1 Å². The molecule has 0 aliphatic heterocycles. The largest absolute Gasteiger partial charge is 0.379 e. The van der Waals surface area contributed by atoms with Gasteiger partial charge in [-0.2, -0.15) is 0 Å². The van der Waals surface area contributed by atoms with E-state index in [1.54, 1.807) is 0 Å². The molecule has 0 saturated heterocycles. The van der Waals surface area contributed by atoms with Crippen molar-refractivity contribution >= 4 is 0 Å². The van der Waals surface area contributed by atoms with E-state index >= 15 is 0 Å². The third-order valence-electron chi connectivity index (χ3n) is 2.43. The minimum Gasteiger partial charge on any atom is -0.379 e. The highest BCUT2D eigenvalue weighted by Crippen LogP contribution is 2.09. The molecule has 0 amide bonds. The highest BCUT2D eigenvalue weighted by Gasteiger charge is 1.92. The van der Waals surface area contributed by atoms with E-state index in [2.05, 4.69) is 7.11 Å². The zero-order chi connectivity index (χ0) is 10.5. The summed E-state index contributed by atoms with van der Waals surface area (Å²) in [6.45, 7) is 0.897. The van der Waals surface area contributed by atoms with Gasteiger partial charge in [-0.25, -0.2) is 5.11 Å². The van der Waals surface area contributed by atoms with Gasteiger partial charge in [0, 0.05) is 6.61 Å². The molecule has 2 heteroatoms. The Morgan fingerprint density at radius 1 is 0.714 bits per heavy atom. The second kappa shape index (κ2) is 12.9. The van der Waals surface area contributed by atoms with Crippen LogP contribution in [-0.4, -0.2) is 13.2 Å². The van der Waals surface area contributed by atoms with E-state index in [1.807, 2.05) is 0 Å². The predicted molar refractivity (Wildman–Crippen MR) is 58.4 cm³/mol. The van der Waals surface area contributed by atoms with Gasteiger partial charge < -0.3 is 4.74 Å². The van der Waals surface area contributed by atoms with E-state index in [4.69, 9.17) is 4.74 Å². The number of hydrogen-bond donors (Lipinski definition) is 0. The molecular weight excluding hydrogens is 176 g/mol. The fourth-order valence-corrected chi connectivity index (χ4v) is 1.54. The first-order chi connectivity index (χ1) is 6.91. The first-order valence-electron chi connectivity index (χ1n) is 5.87. The summed E-state index contributed by atoms with van der Waals surface area (Å²) < 4.78 is 4.73. The molecule has 0 N–H and O–H groups in total. The fraction of sp³-hybridized carbons (Fsp3) is 0.917. The lowest BCUT2D eigenvalue weighted by Crippen LogP contribution is -1.87. The van der Waals surface area contributed by atoms with Gasteiger partial charge in [0.05, 0.1) is 13.7 Å². The minimum absolute atomic E-state index is 0.102. The van der Waals surface area contributed by atoms with E-state index in [0.29, 0.717) is 0 Å². The molecule has 2 radical (unpaired) electrons. The Labute approximate surface area is 88.7 Å². The van der Waals surface area contributed by atoms with Gasteiger partial charge in [0.15, 0.2) is 0 Å². The maximum absolute atomic E-state index is 10.1. The maximum Gasteiger partial charge on any atom is 0.0822 e. The van der Waals surface area contributed by atoms with E-state index in [-0.39, 0.29) is 6.61 Å². The number of rotatable bonds is 11. The fourth-order valence-electron chi connectivity index (χ4n) is 1.54. The van der Waals surface area contributed by atoms with Gasteiger partial charge in [-0.1, -0.05) is 44.9 Å². The van der Waals surface area contributed by atoms with Crippen LogP contribution in [0.1, 0.15) is 57.8 Å². The molecule has 0 fully saturated rings. The van der Waals surface area contributed by atoms with Crippen LogP contribution >= 0.6 is 0 Å². The van der Waals surface area contributed by atoms with E-state index in [1.165, 1.54) is 38.5 Å². The normalized spacial score (nSPS) is 10.7. The quantitative estimate of drug-likeness (QED) is 0.467. The molecule has 84 valence electrons. The van der Waals surface area contributed by atoms with Crippen molar-refractivity contribution in [1.29, 1.82) is 0 Å². The Bertz CT molecular complexity index is 82.3. The van der Waals surface area contributed by atoms with Crippen molar-refractivity contribution in [3.8, 4) is 0 Å². The first kappa shape index (κ1) is 13.9. The van der Waals surface area contributed by atoms with Crippen LogP contribution in [0.2, 0.25) is 0 Å². The average Bonchev–Trinajstić information content (AvgIpc) is 2.21. The zero-order valence-corrected chi connectivity index (χ0v) is 9.30. The lowest BCUT2D eigenvalue weighted by atomic mass is 10.1. The number of unbranched alkanes of at least 4 members (excludes halogenated alkanes) is 8. The Hall–Kier alpha value is -0.0800. The summed E-state index contributed by atoms with van der Waals surface area (Å²) in [5.41, 5.74) is 0. The Kier molecular flexibility index (Phi) is 12.8. The average molecular weight is 200 g/mol. The zero-order valence-electron chi connectivity index (χ0n) is 9.30. The van der Waals surface area contributed by atoms with E-state index in [0.717, 1.165) is 25.9 Å². The predicted octanol–water partition coefficient (Wildman–Crippen LogP) is 3.74. The van der Waals surface area contributed by atoms with E-state index in [9.17, 15) is 5.11 Å². The Morgan fingerprint density at radius 2 is 1.14 bits per heavy atom. The van der Waals surface area contributed by atoms with Crippen molar-refractivity contribution in [3.05, 3.63) is 7.11 Å². The van der Waals surface area contributed by atoms with Gasteiger partial charge in [0.25, 0.3) is 0 Å². The highest BCUT2D eigenvalue weighted by atomic mass is 16.5. The molecule has 0 aromatic carbocycles. The van der Waals surface area contributed by atoms with Crippen LogP contribution < -0.4 is 0 Å². The second-order valence-corrected chi connectivity index (χ2v) is 3.79. The summed E-state index contributed by atoms with van der Waals surface area (Å²) in [6, 6.07) is 0. The highest BCUT2D eigenvalue weighted by molar-refractivity contribution is 4.47. The molecule has 0 aliphatic rings. The maximum atomic E-state index is 10.1. The van der Waals surface area contributed by atoms with Crippen LogP contribution in [0.4, 0.5) is 0 Å². The van der Waals surface area contributed by atoms with Crippen LogP contribution in [0.15, 0.2) is 0 Å². The second-order valence-electron chi connectivity index (χ2n) is 3.79. The standard InChI is InChI=1S/C12H24O2/c1-14-12-10-8-6-4-2-3-5-7-9-11-13/h1-12H2. The summed E-state index contributed by atoms with van der Waals surface area (Å²) in [6.07, 6.45) is 10.9. The van der Waals surface area contributed by atoms with Crippen LogP contribution in [0.25, 0.3) is 0 Å². The van der Waals surface area contributed by atoms with Crippen molar-refractivity contribution in [3.63, 3.8) is 0 Å². The van der Waals surface area contributed by atoms with Crippen LogP contribution in [-0.2, 0) is 9.84 Å². The van der Waals surface area contributed by atoms with Gasteiger partial charge >= 0.3 is 0 Å². The van der Waals surface area contributed by atoms with Gasteiger partial charge in [-0.05, 0) is 12.8 Å². The molecular formula is C12H24O2. The van der Waals surface area contributed by atoms with Crippen molar-refractivity contribution in [2.75, 3.05) is 13.2 Å². The third kappa shape index (κ3) is 11.9. The van der Waals surface area contributed by atoms with E-state index < -0.39 is 0 Å². The molecule has 0 aromatic rings. The summed E-state index contributed by atoms with van der Waals surface area (Å²) in [7, 11) is 3.34. The van der Waals surface area contributed by atoms with Crippen molar-refractivity contribution < 1.29 is 9.84 Å². The van der Waals surface area contributed by atoms with Gasteiger partial charge in [0.1, 0.15) is 0 Å². The number of ether oxygens (including phenoxy) is 1. The Balaban J connectivity index is 2.78. The first-order valence-corrected chi connectivity index (χ1v) is 5.87. The molecule has 0 aromatic heterocycles. The van der Waals surface area contributed by atoms with Gasteiger partial charge in [-0.3, -0.25) is 0 Å². The molecule has 0 bridgehead atoms. The van der Waals surface area contributed by atoms with Crippen molar-refractivity contribution in [2.45, 2.75) is 57.8 Å². The summed E-state index contributed by atoms with van der Waals surface area (Å²) in [5.74, 6) is 0. The molecule has 0 atom stereocenters. The number of hydrogen-bond acceptors (Lipinski definition) is 1. The molecule has 0 rings (SSSR count). The summed E-state index contributed by atoms with van der Waals surface area (Å²) >= 11 is 0. The molecule has 14 heavy (non-hydrogen) atoms. The monoisotopic (exact) mass is 200 g/mol. The third-order valence-corrected chi connectivity index (χ3v) is 2.43. The summed E-state index contributed by atoms with van der Waals surface area (Å²) in [4.78, 5) is 0. The van der Waals surface area contributed by atoms with Crippen molar-refractivity contribution in [1.82, 2.24) is 0 Å². The van der Waals surface area contributed by atoms with Crippen molar-refractivity contribution in [2.24, 2.45) is 0 Å². The molecule has 0 saturated carbocycles. The SMILES string of the molecule is [CH2]OCCCCCCCCCCC[O]. The minimum atomic E-state index is 0.102. The Morgan fingerprint density at radius 3 is 1.57 bits per heavy atom. The van der Waals surface area contributed by atoms with Crippen LogP contribution in [0.3, 0.4) is 0 Å². The molecule has 0 unspecified atom stereocenters. The smallest absolute Gasteiger partial charge is 0.0822 e. The van der Waals surface area contributed by atoms with Gasteiger partial charge in [-0.15, -0.1) is 0 Å². The summed E-state index contributed by atoms with van der Waals surface area (Å²) in [5, 5.41) is 10.1. The molecule has 2 nitrogen and oxygen atoms in total. The molecule has 0 spiro atoms. The van der Waals surface area contributed by atoms with Crippen LogP contribution in [0.5, 0.6) is 0 Å².